The Morgan fingerprint density at radius 2 is 1.56 bits per heavy atom. The highest BCUT2D eigenvalue weighted by atomic mass is 32.2. The molecular formula is C16H34NS+. The molecular weight excluding hydrogens is 238 g/mol. The van der Waals surface area contributed by atoms with Crippen LogP contribution in [0.2, 0.25) is 0 Å². The SMILES string of the molecule is C/C=C(/CCC)SCC[N+](CC)(CCC)CCC. The topological polar surface area (TPSA) is 0 Å². The molecule has 0 aliphatic heterocycles. The van der Waals surface area contributed by atoms with Crippen molar-refractivity contribution in [2.75, 3.05) is 31.9 Å². The highest BCUT2D eigenvalue weighted by Gasteiger charge is 2.22. The number of hydrogen-bond acceptors (Lipinski definition) is 1. The summed E-state index contributed by atoms with van der Waals surface area (Å²) in [6.07, 6.45) is 7.45. The molecule has 0 aliphatic rings. The molecule has 2 heteroatoms. The third-order valence-corrected chi connectivity index (χ3v) is 4.94. The lowest BCUT2D eigenvalue weighted by Crippen LogP contribution is -2.50. The Labute approximate surface area is 120 Å². The number of hydrogen-bond donors (Lipinski definition) is 0. The maximum atomic E-state index is 2.36. The van der Waals surface area contributed by atoms with Crippen molar-refractivity contribution >= 4 is 11.8 Å². The molecule has 0 N–H and O–H groups in total. The van der Waals surface area contributed by atoms with E-state index in [1.165, 1.54) is 62.1 Å². The van der Waals surface area contributed by atoms with Gasteiger partial charge in [-0.1, -0.05) is 33.3 Å². The maximum absolute atomic E-state index is 2.36. The second-order valence-corrected chi connectivity index (χ2v) is 6.40. The molecule has 0 spiro atoms. The molecule has 0 rings (SSSR count). The van der Waals surface area contributed by atoms with Gasteiger partial charge in [0.05, 0.1) is 26.2 Å². The lowest BCUT2D eigenvalue weighted by molar-refractivity contribution is -0.924. The molecule has 0 bridgehead atoms. The van der Waals surface area contributed by atoms with Gasteiger partial charge >= 0.3 is 0 Å². The van der Waals surface area contributed by atoms with Gasteiger partial charge in [0.25, 0.3) is 0 Å². The predicted octanol–water partition coefficient (Wildman–Crippen LogP) is 5.08. The molecule has 0 heterocycles. The van der Waals surface area contributed by atoms with Crippen molar-refractivity contribution in [1.82, 2.24) is 0 Å². The van der Waals surface area contributed by atoms with E-state index in [-0.39, 0.29) is 0 Å². The highest BCUT2D eigenvalue weighted by molar-refractivity contribution is 8.03. The normalized spacial score (nSPS) is 13.1. The van der Waals surface area contributed by atoms with Crippen LogP contribution in [0.5, 0.6) is 0 Å². The quantitative estimate of drug-likeness (QED) is 0.473. The number of rotatable bonds is 11. The van der Waals surface area contributed by atoms with Gasteiger partial charge in [-0.2, -0.15) is 0 Å². The monoisotopic (exact) mass is 272 g/mol. The Balaban J connectivity index is 4.25. The average molecular weight is 273 g/mol. The van der Waals surface area contributed by atoms with Gasteiger partial charge in [-0.15, -0.1) is 11.8 Å². The second kappa shape index (κ2) is 10.9. The summed E-state index contributed by atoms with van der Waals surface area (Å²) in [7, 11) is 0. The summed E-state index contributed by atoms with van der Waals surface area (Å²) >= 11 is 2.09. The Morgan fingerprint density at radius 3 is 1.94 bits per heavy atom. The molecule has 1 nitrogen and oxygen atoms in total. The number of quaternary nitrogens is 1. The molecule has 0 aromatic carbocycles. The number of allylic oxidation sites excluding steroid dienone is 2. The third-order valence-electron chi connectivity index (χ3n) is 3.74. The molecule has 0 saturated carbocycles. The van der Waals surface area contributed by atoms with Crippen LogP contribution in [0.3, 0.4) is 0 Å². The van der Waals surface area contributed by atoms with E-state index in [1.807, 2.05) is 0 Å². The van der Waals surface area contributed by atoms with Gasteiger partial charge in [0, 0.05) is 5.75 Å². The van der Waals surface area contributed by atoms with Crippen molar-refractivity contribution < 1.29 is 4.48 Å². The lowest BCUT2D eigenvalue weighted by atomic mass is 10.2. The second-order valence-electron chi connectivity index (χ2n) is 5.18. The molecule has 0 atom stereocenters. The minimum atomic E-state index is 1.26. The van der Waals surface area contributed by atoms with Crippen molar-refractivity contribution in [2.45, 2.75) is 60.3 Å². The minimum Gasteiger partial charge on any atom is -0.323 e. The van der Waals surface area contributed by atoms with Crippen LogP contribution >= 0.6 is 11.8 Å². The first kappa shape index (κ1) is 18.0. The van der Waals surface area contributed by atoms with Gasteiger partial charge in [-0.3, -0.25) is 0 Å². The number of thioether (sulfide) groups is 1. The van der Waals surface area contributed by atoms with Crippen LogP contribution in [0.25, 0.3) is 0 Å². The zero-order chi connectivity index (χ0) is 13.9. The first-order valence-corrected chi connectivity index (χ1v) is 8.79. The Hall–Kier alpha value is 0.0500. The molecule has 0 aromatic rings. The Kier molecular flexibility index (Phi) is 11.0. The maximum Gasteiger partial charge on any atom is 0.0881 e. The van der Waals surface area contributed by atoms with Gasteiger partial charge in [0.1, 0.15) is 0 Å². The first-order valence-electron chi connectivity index (χ1n) is 7.81. The zero-order valence-corrected chi connectivity index (χ0v) is 14.1. The summed E-state index contributed by atoms with van der Waals surface area (Å²) in [6, 6.07) is 0. The van der Waals surface area contributed by atoms with Gasteiger partial charge in [0.2, 0.25) is 0 Å². The summed E-state index contributed by atoms with van der Waals surface area (Å²) in [6.45, 7) is 16.8. The molecule has 0 unspecified atom stereocenters. The van der Waals surface area contributed by atoms with E-state index in [4.69, 9.17) is 0 Å². The van der Waals surface area contributed by atoms with Gasteiger partial charge in [-0.05, 0) is 38.0 Å². The van der Waals surface area contributed by atoms with Crippen molar-refractivity contribution in [2.24, 2.45) is 0 Å². The first-order chi connectivity index (χ1) is 8.67. The standard InChI is InChI=1S/C16H34NS/c1-6-11-16(9-4)18-15-14-17(10-5,12-7-2)13-8-3/h9H,6-8,10-15H2,1-5H3/q+1/b16-9-. The minimum absolute atomic E-state index is 1.26. The predicted molar refractivity (Wildman–Crippen MR) is 87.1 cm³/mol. The molecule has 0 fully saturated rings. The largest absolute Gasteiger partial charge is 0.323 e. The van der Waals surface area contributed by atoms with Crippen LogP contribution < -0.4 is 0 Å². The molecule has 0 aromatic heterocycles. The summed E-state index contributed by atoms with van der Waals surface area (Å²) in [5, 5.41) is 0. The lowest BCUT2D eigenvalue weighted by Gasteiger charge is -2.37. The van der Waals surface area contributed by atoms with E-state index >= 15 is 0 Å². The summed E-state index contributed by atoms with van der Waals surface area (Å²) in [4.78, 5) is 1.58. The third kappa shape index (κ3) is 6.84. The fraction of sp³-hybridized carbons (Fsp3) is 0.875. The fourth-order valence-corrected chi connectivity index (χ4v) is 3.93. The highest BCUT2D eigenvalue weighted by Crippen LogP contribution is 2.22. The van der Waals surface area contributed by atoms with Crippen LogP contribution in [-0.2, 0) is 0 Å². The van der Waals surface area contributed by atoms with Gasteiger partial charge < -0.3 is 4.48 Å². The van der Waals surface area contributed by atoms with Crippen molar-refractivity contribution in [3.63, 3.8) is 0 Å². The molecule has 0 aliphatic carbocycles. The van der Waals surface area contributed by atoms with Crippen molar-refractivity contribution in [1.29, 1.82) is 0 Å². The van der Waals surface area contributed by atoms with Crippen molar-refractivity contribution in [3.8, 4) is 0 Å². The van der Waals surface area contributed by atoms with Crippen molar-refractivity contribution in [3.05, 3.63) is 11.0 Å². The summed E-state index contributed by atoms with van der Waals surface area (Å²) in [5.41, 5.74) is 0. The molecule has 108 valence electrons. The summed E-state index contributed by atoms with van der Waals surface area (Å²) < 4.78 is 1.32. The number of nitrogens with zero attached hydrogens (tertiary/aromatic N) is 1. The molecule has 18 heavy (non-hydrogen) atoms. The molecule has 0 radical (unpaired) electrons. The van der Waals surface area contributed by atoms with Crippen LogP contribution in [0, 0.1) is 0 Å². The molecule has 0 amide bonds. The van der Waals surface area contributed by atoms with E-state index < -0.39 is 0 Å². The fourth-order valence-electron chi connectivity index (χ4n) is 2.68. The smallest absolute Gasteiger partial charge is 0.0881 e. The van der Waals surface area contributed by atoms with E-state index in [2.05, 4.69) is 52.5 Å². The van der Waals surface area contributed by atoms with Crippen LogP contribution in [0.4, 0.5) is 0 Å². The van der Waals surface area contributed by atoms with Gasteiger partial charge in [0.15, 0.2) is 0 Å². The Morgan fingerprint density at radius 1 is 0.944 bits per heavy atom. The summed E-state index contributed by atoms with van der Waals surface area (Å²) in [5.74, 6) is 1.29. The van der Waals surface area contributed by atoms with E-state index in [1.54, 1.807) is 4.91 Å². The molecule has 0 saturated heterocycles. The van der Waals surface area contributed by atoms with Crippen LogP contribution in [-0.4, -0.2) is 36.4 Å². The Bertz CT molecular complexity index is 217. The average Bonchev–Trinajstić information content (AvgIpc) is 2.38. The van der Waals surface area contributed by atoms with Crippen LogP contribution in [0.1, 0.15) is 60.3 Å². The van der Waals surface area contributed by atoms with Crippen LogP contribution in [0.15, 0.2) is 11.0 Å². The zero-order valence-electron chi connectivity index (χ0n) is 13.3. The van der Waals surface area contributed by atoms with E-state index in [0.717, 1.165) is 0 Å². The van der Waals surface area contributed by atoms with Gasteiger partial charge in [-0.25, -0.2) is 0 Å². The van der Waals surface area contributed by atoms with E-state index in [9.17, 15) is 0 Å². The van der Waals surface area contributed by atoms with E-state index in [0.29, 0.717) is 0 Å².